The number of hydrogen-bond donors (Lipinski definition) is 2. The maximum atomic E-state index is 11.4. The van der Waals surface area contributed by atoms with Gasteiger partial charge < -0.3 is 10.8 Å². The molecule has 2 rings (SSSR count). The van der Waals surface area contributed by atoms with Crippen LogP contribution in [0.3, 0.4) is 0 Å². The summed E-state index contributed by atoms with van der Waals surface area (Å²) in [6, 6.07) is -0.155. The van der Waals surface area contributed by atoms with Crippen molar-refractivity contribution in [2.45, 2.75) is 31.5 Å². The quantitative estimate of drug-likeness (QED) is 0.610. The lowest BCUT2D eigenvalue weighted by Gasteiger charge is -2.39. The van der Waals surface area contributed by atoms with E-state index in [1.807, 2.05) is 4.90 Å². The molecule has 16 heavy (non-hydrogen) atoms. The van der Waals surface area contributed by atoms with Gasteiger partial charge >= 0.3 is 0 Å². The van der Waals surface area contributed by atoms with Gasteiger partial charge in [0.1, 0.15) is 0 Å². The molecular weight excluding hydrogens is 228 g/mol. The molecule has 2 fully saturated rings. The molecule has 3 N–H and O–H groups in total. The number of aliphatic hydroxyl groups is 1. The van der Waals surface area contributed by atoms with Crippen molar-refractivity contribution in [2.24, 2.45) is 11.7 Å². The van der Waals surface area contributed by atoms with Crippen molar-refractivity contribution in [1.82, 2.24) is 4.90 Å². The van der Waals surface area contributed by atoms with E-state index in [1.165, 1.54) is 0 Å². The fourth-order valence-electron chi connectivity index (χ4n) is 2.87. The number of sulfone groups is 1. The Morgan fingerprint density at radius 2 is 2.00 bits per heavy atom. The Morgan fingerprint density at radius 3 is 2.50 bits per heavy atom. The molecule has 5 nitrogen and oxygen atoms in total. The second kappa shape index (κ2) is 4.25. The third-order valence-electron chi connectivity index (χ3n) is 3.48. The Labute approximate surface area is 96.5 Å². The first-order chi connectivity index (χ1) is 7.37. The zero-order chi connectivity index (χ0) is 11.9. The van der Waals surface area contributed by atoms with Crippen molar-refractivity contribution >= 4 is 9.84 Å². The van der Waals surface area contributed by atoms with E-state index in [2.05, 4.69) is 6.92 Å². The standard InChI is InChI=1S/C10H20N2O3S/c1-7-2-8(11)4-12(3-7)9-5-16(14,15)6-10(9)13/h7-10,13H,2-6,11H2,1H3. The van der Waals surface area contributed by atoms with Crippen LogP contribution in [0.1, 0.15) is 13.3 Å². The van der Waals surface area contributed by atoms with Crippen molar-refractivity contribution in [2.75, 3.05) is 24.6 Å². The highest BCUT2D eigenvalue weighted by molar-refractivity contribution is 7.91. The average Bonchev–Trinajstić information content (AvgIpc) is 2.38. The molecule has 2 aliphatic rings. The molecule has 0 aromatic carbocycles. The highest BCUT2D eigenvalue weighted by Crippen LogP contribution is 2.24. The third kappa shape index (κ3) is 2.56. The van der Waals surface area contributed by atoms with Crippen LogP contribution in [-0.4, -0.2) is 61.2 Å². The molecule has 0 radical (unpaired) electrons. The summed E-state index contributed by atoms with van der Waals surface area (Å²) < 4.78 is 22.9. The van der Waals surface area contributed by atoms with Gasteiger partial charge in [0.2, 0.25) is 0 Å². The van der Waals surface area contributed by atoms with Crippen LogP contribution < -0.4 is 5.73 Å². The summed E-state index contributed by atoms with van der Waals surface area (Å²) in [5.74, 6) is 0.449. The molecule has 6 heteroatoms. The van der Waals surface area contributed by atoms with E-state index < -0.39 is 15.9 Å². The van der Waals surface area contributed by atoms with Gasteiger partial charge in [-0.15, -0.1) is 0 Å². The van der Waals surface area contributed by atoms with E-state index in [4.69, 9.17) is 5.73 Å². The number of hydrogen-bond acceptors (Lipinski definition) is 5. The molecule has 4 unspecified atom stereocenters. The summed E-state index contributed by atoms with van der Waals surface area (Å²) in [6.45, 7) is 3.65. The smallest absolute Gasteiger partial charge is 0.154 e. The summed E-state index contributed by atoms with van der Waals surface area (Å²) in [4.78, 5) is 2.05. The van der Waals surface area contributed by atoms with Gasteiger partial charge in [-0.05, 0) is 12.3 Å². The molecule has 94 valence electrons. The van der Waals surface area contributed by atoms with E-state index in [1.54, 1.807) is 0 Å². The van der Waals surface area contributed by atoms with E-state index in [-0.39, 0.29) is 23.6 Å². The zero-order valence-corrected chi connectivity index (χ0v) is 10.4. The lowest BCUT2D eigenvalue weighted by atomic mass is 9.95. The van der Waals surface area contributed by atoms with Gasteiger partial charge in [-0.2, -0.15) is 0 Å². The first-order valence-corrected chi connectivity index (χ1v) is 7.57. The summed E-state index contributed by atoms with van der Waals surface area (Å²) in [7, 11) is -3.06. The summed E-state index contributed by atoms with van der Waals surface area (Å²) in [5.41, 5.74) is 5.92. The number of nitrogens with zero attached hydrogens (tertiary/aromatic N) is 1. The fraction of sp³-hybridized carbons (Fsp3) is 1.00. The van der Waals surface area contributed by atoms with Crippen molar-refractivity contribution in [3.8, 4) is 0 Å². The second-order valence-electron chi connectivity index (χ2n) is 5.27. The largest absolute Gasteiger partial charge is 0.390 e. The normalized spacial score (nSPS) is 44.7. The first-order valence-electron chi connectivity index (χ1n) is 5.75. The number of likely N-dealkylation sites (tertiary alicyclic amines) is 1. The van der Waals surface area contributed by atoms with E-state index in [0.717, 1.165) is 13.0 Å². The van der Waals surface area contributed by atoms with E-state index in [0.29, 0.717) is 12.5 Å². The monoisotopic (exact) mass is 248 g/mol. The van der Waals surface area contributed by atoms with Gasteiger partial charge in [0, 0.05) is 19.1 Å². The Hall–Kier alpha value is -0.170. The van der Waals surface area contributed by atoms with Gasteiger partial charge in [-0.25, -0.2) is 8.42 Å². The maximum Gasteiger partial charge on any atom is 0.154 e. The summed E-state index contributed by atoms with van der Waals surface area (Å²) in [5, 5.41) is 9.79. The molecule has 0 aromatic rings. The molecule has 2 heterocycles. The number of aliphatic hydroxyl groups excluding tert-OH is 1. The molecular formula is C10H20N2O3S. The summed E-state index contributed by atoms with van der Waals surface area (Å²) in [6.07, 6.45) is 0.231. The van der Waals surface area contributed by atoms with Crippen LogP contribution in [0.25, 0.3) is 0 Å². The van der Waals surface area contributed by atoms with Crippen LogP contribution in [0, 0.1) is 5.92 Å². The lowest BCUT2D eigenvalue weighted by Crippen LogP contribution is -2.53. The van der Waals surface area contributed by atoms with Crippen molar-refractivity contribution in [3.63, 3.8) is 0 Å². The van der Waals surface area contributed by atoms with Crippen molar-refractivity contribution in [1.29, 1.82) is 0 Å². The number of nitrogens with two attached hydrogens (primary N) is 1. The molecule has 4 atom stereocenters. The molecule has 2 saturated heterocycles. The van der Waals surface area contributed by atoms with Gasteiger partial charge in [-0.1, -0.05) is 6.92 Å². The minimum Gasteiger partial charge on any atom is -0.390 e. The third-order valence-corrected chi connectivity index (χ3v) is 5.18. The van der Waals surface area contributed by atoms with E-state index >= 15 is 0 Å². The van der Waals surface area contributed by atoms with Gasteiger partial charge in [0.15, 0.2) is 9.84 Å². The van der Waals surface area contributed by atoms with Crippen LogP contribution >= 0.6 is 0 Å². The Bertz CT molecular complexity index is 347. The number of piperidine rings is 1. The average molecular weight is 248 g/mol. The van der Waals surface area contributed by atoms with Crippen molar-refractivity contribution in [3.05, 3.63) is 0 Å². The Morgan fingerprint density at radius 1 is 1.31 bits per heavy atom. The lowest BCUT2D eigenvalue weighted by molar-refractivity contribution is 0.0501. The first kappa shape index (κ1) is 12.3. The van der Waals surface area contributed by atoms with Crippen molar-refractivity contribution < 1.29 is 13.5 Å². The van der Waals surface area contributed by atoms with Crippen LogP contribution in [0.4, 0.5) is 0 Å². The Balaban J connectivity index is 2.07. The number of rotatable bonds is 1. The minimum absolute atomic E-state index is 0.0770. The van der Waals surface area contributed by atoms with Crippen LogP contribution in [-0.2, 0) is 9.84 Å². The summed E-state index contributed by atoms with van der Waals surface area (Å²) >= 11 is 0. The Kier molecular flexibility index (Phi) is 3.27. The SMILES string of the molecule is CC1CC(N)CN(C2CS(=O)(=O)CC2O)C1. The molecule has 2 aliphatic heterocycles. The minimum atomic E-state index is -3.06. The molecule has 0 bridgehead atoms. The van der Waals surface area contributed by atoms with Crippen LogP contribution in [0.2, 0.25) is 0 Å². The predicted octanol–water partition coefficient (Wildman–Crippen LogP) is -1.19. The molecule has 0 amide bonds. The van der Waals surface area contributed by atoms with Gasteiger partial charge in [0.05, 0.1) is 23.7 Å². The highest BCUT2D eigenvalue weighted by atomic mass is 32.2. The predicted molar refractivity (Wildman–Crippen MR) is 61.8 cm³/mol. The van der Waals surface area contributed by atoms with Crippen LogP contribution in [0.5, 0.6) is 0 Å². The molecule has 0 aliphatic carbocycles. The molecule has 0 aromatic heterocycles. The van der Waals surface area contributed by atoms with Gasteiger partial charge in [-0.3, -0.25) is 4.90 Å². The second-order valence-corrected chi connectivity index (χ2v) is 7.42. The molecule has 0 spiro atoms. The van der Waals surface area contributed by atoms with Crippen LogP contribution in [0.15, 0.2) is 0 Å². The van der Waals surface area contributed by atoms with Gasteiger partial charge in [0.25, 0.3) is 0 Å². The zero-order valence-electron chi connectivity index (χ0n) is 9.54. The van der Waals surface area contributed by atoms with E-state index in [9.17, 15) is 13.5 Å². The highest BCUT2D eigenvalue weighted by Gasteiger charge is 2.41. The topological polar surface area (TPSA) is 83.6 Å². The maximum absolute atomic E-state index is 11.4. The molecule has 0 saturated carbocycles. The fourth-order valence-corrected chi connectivity index (χ4v) is 4.70.